The smallest absolute Gasteiger partial charge is 0.410 e. The van der Waals surface area contributed by atoms with Crippen molar-refractivity contribution in [2.75, 3.05) is 25.0 Å². The van der Waals surface area contributed by atoms with Crippen LogP contribution in [0.3, 0.4) is 0 Å². The molecule has 4 N–H and O–H groups in total. The first-order valence-corrected chi connectivity index (χ1v) is 7.29. The molecule has 8 heteroatoms. The second kappa shape index (κ2) is 7.59. The van der Waals surface area contributed by atoms with Crippen LogP contribution >= 0.6 is 0 Å². The Morgan fingerprint density at radius 2 is 2.04 bits per heavy atom. The molecule has 0 aliphatic carbocycles. The van der Waals surface area contributed by atoms with E-state index in [9.17, 15) is 14.4 Å². The summed E-state index contributed by atoms with van der Waals surface area (Å²) in [6.07, 6.45) is -0.524. The normalized spacial score (nSPS) is 16.9. The zero-order chi connectivity index (χ0) is 16.8. The van der Waals surface area contributed by atoms with Crippen molar-refractivity contribution in [3.8, 4) is 0 Å². The number of nitrogens with zero attached hydrogens (tertiary/aromatic N) is 1. The number of anilines is 1. The van der Waals surface area contributed by atoms with E-state index in [1.165, 1.54) is 11.8 Å². The molecular weight excluding hydrogens is 300 g/mol. The van der Waals surface area contributed by atoms with E-state index in [4.69, 9.17) is 10.5 Å². The van der Waals surface area contributed by atoms with Gasteiger partial charge in [0.05, 0.1) is 6.54 Å². The van der Waals surface area contributed by atoms with Gasteiger partial charge in [-0.2, -0.15) is 0 Å². The minimum Gasteiger partial charge on any atom is -0.447 e. The Hall–Kier alpha value is -2.61. The molecule has 2 rings (SSSR count). The van der Waals surface area contributed by atoms with Crippen molar-refractivity contribution in [2.45, 2.75) is 19.5 Å². The second-order valence-corrected chi connectivity index (χ2v) is 5.18. The summed E-state index contributed by atoms with van der Waals surface area (Å²) in [5.41, 5.74) is 6.85. The predicted octanol–water partition coefficient (Wildman–Crippen LogP) is 0.0407. The van der Waals surface area contributed by atoms with Gasteiger partial charge in [0.25, 0.3) is 0 Å². The van der Waals surface area contributed by atoms with Gasteiger partial charge in [-0.1, -0.05) is 12.1 Å². The molecule has 1 atom stereocenters. The van der Waals surface area contributed by atoms with Crippen molar-refractivity contribution in [1.29, 1.82) is 0 Å². The van der Waals surface area contributed by atoms with E-state index in [1.54, 1.807) is 24.3 Å². The summed E-state index contributed by atoms with van der Waals surface area (Å²) < 4.78 is 4.97. The minimum atomic E-state index is -0.663. The lowest BCUT2D eigenvalue weighted by Gasteiger charge is -2.20. The Bertz CT molecular complexity index is 588. The maximum Gasteiger partial charge on any atom is 0.410 e. The molecular formula is C15H20N4O4. The Labute approximate surface area is 134 Å². The van der Waals surface area contributed by atoms with Gasteiger partial charge in [-0.3, -0.25) is 14.5 Å². The highest BCUT2D eigenvalue weighted by atomic mass is 16.6. The lowest BCUT2D eigenvalue weighted by atomic mass is 10.1. The van der Waals surface area contributed by atoms with Gasteiger partial charge >= 0.3 is 6.09 Å². The fourth-order valence-corrected chi connectivity index (χ4v) is 2.25. The van der Waals surface area contributed by atoms with Crippen molar-refractivity contribution in [2.24, 2.45) is 5.73 Å². The van der Waals surface area contributed by atoms with E-state index in [2.05, 4.69) is 10.6 Å². The average molecular weight is 320 g/mol. The van der Waals surface area contributed by atoms with E-state index >= 15 is 0 Å². The van der Waals surface area contributed by atoms with Gasteiger partial charge in [0.2, 0.25) is 11.8 Å². The van der Waals surface area contributed by atoms with Crippen LogP contribution in [-0.4, -0.2) is 48.5 Å². The molecule has 0 unspecified atom stereocenters. The summed E-state index contributed by atoms with van der Waals surface area (Å²) in [7, 11) is 0. The summed E-state index contributed by atoms with van der Waals surface area (Å²) in [4.78, 5) is 36.2. The Balaban J connectivity index is 2.02. The Kier molecular flexibility index (Phi) is 5.53. The van der Waals surface area contributed by atoms with E-state index in [0.29, 0.717) is 18.8 Å². The molecule has 3 amide bonds. The molecule has 0 spiro atoms. The monoisotopic (exact) mass is 320 g/mol. The van der Waals surface area contributed by atoms with E-state index in [-0.39, 0.29) is 25.0 Å². The van der Waals surface area contributed by atoms with Crippen molar-refractivity contribution in [3.63, 3.8) is 0 Å². The fraction of sp³-hybridized carbons (Fsp3) is 0.400. The number of benzene rings is 1. The van der Waals surface area contributed by atoms with Crippen LogP contribution in [0.4, 0.5) is 10.5 Å². The van der Waals surface area contributed by atoms with Crippen LogP contribution in [0.25, 0.3) is 0 Å². The molecule has 1 saturated heterocycles. The molecule has 1 aromatic rings. The third-order valence-corrected chi connectivity index (χ3v) is 3.35. The number of rotatable bonds is 6. The number of nitrogens with one attached hydrogen (secondary N) is 2. The number of carbonyl (C=O) groups excluding carboxylic acids is 3. The number of ether oxygens (including phenoxy) is 1. The average Bonchev–Trinajstić information content (AvgIpc) is 2.87. The van der Waals surface area contributed by atoms with Crippen LogP contribution in [0.2, 0.25) is 0 Å². The summed E-state index contributed by atoms with van der Waals surface area (Å²) in [5, 5.41) is 5.32. The topological polar surface area (TPSA) is 114 Å². The highest BCUT2D eigenvalue weighted by Crippen LogP contribution is 2.18. The fourth-order valence-electron chi connectivity index (χ4n) is 2.25. The van der Waals surface area contributed by atoms with E-state index < -0.39 is 12.1 Å². The van der Waals surface area contributed by atoms with Crippen molar-refractivity contribution >= 4 is 23.6 Å². The van der Waals surface area contributed by atoms with Crippen LogP contribution in [0.15, 0.2) is 24.3 Å². The SMILES string of the molecule is CC(=O)Nc1ccc(CN2C(=O)OC[C@H]2C(=O)NCCN)cc1. The first kappa shape index (κ1) is 16.8. The van der Waals surface area contributed by atoms with Gasteiger partial charge in [-0.15, -0.1) is 0 Å². The lowest BCUT2D eigenvalue weighted by Crippen LogP contribution is -2.46. The van der Waals surface area contributed by atoms with Crippen molar-refractivity contribution in [1.82, 2.24) is 10.2 Å². The van der Waals surface area contributed by atoms with Gasteiger partial charge in [-0.05, 0) is 17.7 Å². The zero-order valence-electron chi connectivity index (χ0n) is 12.9. The van der Waals surface area contributed by atoms with Crippen molar-refractivity contribution in [3.05, 3.63) is 29.8 Å². The maximum atomic E-state index is 12.0. The highest BCUT2D eigenvalue weighted by molar-refractivity contribution is 5.89. The molecule has 1 aliphatic rings. The summed E-state index contributed by atoms with van der Waals surface area (Å²) in [5.74, 6) is -0.436. The van der Waals surface area contributed by atoms with Gasteiger partial charge in [0.1, 0.15) is 12.6 Å². The highest BCUT2D eigenvalue weighted by Gasteiger charge is 2.37. The molecule has 0 radical (unpaired) electrons. The maximum absolute atomic E-state index is 12.0. The van der Waals surface area contributed by atoms with Crippen LogP contribution in [0.5, 0.6) is 0 Å². The van der Waals surface area contributed by atoms with Crippen LogP contribution in [0.1, 0.15) is 12.5 Å². The van der Waals surface area contributed by atoms with Crippen LogP contribution in [-0.2, 0) is 20.9 Å². The molecule has 1 aliphatic heterocycles. The minimum absolute atomic E-state index is 0.0270. The first-order valence-electron chi connectivity index (χ1n) is 7.29. The summed E-state index contributed by atoms with van der Waals surface area (Å²) in [6.45, 7) is 2.39. The van der Waals surface area contributed by atoms with Gasteiger partial charge < -0.3 is 21.1 Å². The van der Waals surface area contributed by atoms with Gasteiger partial charge in [0.15, 0.2) is 0 Å². The molecule has 124 valence electrons. The summed E-state index contributed by atoms with van der Waals surface area (Å²) in [6, 6.07) is 6.38. The Morgan fingerprint density at radius 1 is 1.35 bits per heavy atom. The molecule has 23 heavy (non-hydrogen) atoms. The second-order valence-electron chi connectivity index (χ2n) is 5.18. The first-order chi connectivity index (χ1) is 11.0. The number of hydrogen-bond acceptors (Lipinski definition) is 5. The van der Waals surface area contributed by atoms with E-state index in [1.807, 2.05) is 0 Å². The van der Waals surface area contributed by atoms with Gasteiger partial charge in [-0.25, -0.2) is 4.79 Å². The zero-order valence-corrected chi connectivity index (χ0v) is 12.9. The predicted molar refractivity (Wildman–Crippen MR) is 83.5 cm³/mol. The number of nitrogens with two attached hydrogens (primary N) is 1. The molecule has 0 bridgehead atoms. The molecule has 8 nitrogen and oxygen atoms in total. The number of carbonyl (C=O) groups is 3. The third-order valence-electron chi connectivity index (χ3n) is 3.35. The number of hydrogen-bond donors (Lipinski definition) is 3. The van der Waals surface area contributed by atoms with Crippen molar-refractivity contribution < 1.29 is 19.1 Å². The molecule has 1 fully saturated rings. The summed E-state index contributed by atoms with van der Waals surface area (Å²) >= 11 is 0. The molecule has 1 heterocycles. The number of cyclic esters (lactones) is 1. The molecule has 1 aromatic carbocycles. The molecule has 0 saturated carbocycles. The quantitative estimate of drug-likeness (QED) is 0.685. The third kappa shape index (κ3) is 4.43. The van der Waals surface area contributed by atoms with Crippen LogP contribution < -0.4 is 16.4 Å². The van der Waals surface area contributed by atoms with Gasteiger partial charge in [0, 0.05) is 25.7 Å². The standard InChI is InChI=1S/C15H20N4O4/c1-10(20)18-12-4-2-11(3-5-12)8-19-13(9-23-15(19)22)14(21)17-7-6-16/h2-5,13H,6-9,16H2,1H3,(H,17,21)(H,18,20)/t13-/m0/s1. The molecule has 0 aromatic heterocycles. The largest absolute Gasteiger partial charge is 0.447 e. The van der Waals surface area contributed by atoms with Crippen LogP contribution in [0, 0.1) is 0 Å². The number of amides is 3. The Morgan fingerprint density at radius 3 is 2.65 bits per heavy atom. The van der Waals surface area contributed by atoms with E-state index in [0.717, 1.165) is 5.56 Å². The lowest BCUT2D eigenvalue weighted by molar-refractivity contribution is -0.124.